The van der Waals surface area contributed by atoms with Crippen molar-refractivity contribution in [2.75, 3.05) is 7.11 Å². The van der Waals surface area contributed by atoms with Crippen LogP contribution in [0.1, 0.15) is 12.5 Å². The van der Waals surface area contributed by atoms with Crippen molar-refractivity contribution in [1.82, 2.24) is 0 Å². The molecule has 1 aromatic rings. The van der Waals surface area contributed by atoms with E-state index in [0.717, 1.165) is 11.3 Å². The summed E-state index contributed by atoms with van der Waals surface area (Å²) >= 11 is 0. The smallest absolute Gasteiger partial charge is 0.123 e. The highest BCUT2D eigenvalue weighted by molar-refractivity contribution is 5.98. The Morgan fingerprint density at radius 3 is 2.42 bits per heavy atom. The number of hydrogen-bond acceptors (Lipinski definition) is 2. The molecule has 12 heavy (non-hydrogen) atoms. The lowest BCUT2D eigenvalue weighted by Gasteiger charge is -1.98. The van der Waals surface area contributed by atoms with Crippen molar-refractivity contribution < 1.29 is 9.23 Å². The van der Waals surface area contributed by atoms with Crippen molar-refractivity contribution >= 4 is 5.71 Å². The van der Waals surface area contributed by atoms with Crippen LogP contribution in [-0.2, 0) is 4.84 Å². The minimum absolute atomic E-state index is 0.246. The molecule has 0 aliphatic rings. The van der Waals surface area contributed by atoms with Crippen LogP contribution in [0.2, 0.25) is 0 Å². The third kappa shape index (κ3) is 2.05. The van der Waals surface area contributed by atoms with Crippen molar-refractivity contribution in [2.45, 2.75) is 6.92 Å². The highest BCUT2D eigenvalue weighted by Gasteiger charge is 1.96. The topological polar surface area (TPSA) is 21.6 Å². The van der Waals surface area contributed by atoms with Crippen LogP contribution >= 0.6 is 0 Å². The van der Waals surface area contributed by atoms with E-state index in [0.29, 0.717) is 0 Å². The van der Waals surface area contributed by atoms with E-state index in [1.807, 2.05) is 0 Å². The van der Waals surface area contributed by atoms with E-state index in [-0.39, 0.29) is 5.82 Å². The maximum absolute atomic E-state index is 12.5. The van der Waals surface area contributed by atoms with E-state index < -0.39 is 0 Å². The minimum atomic E-state index is -0.246. The van der Waals surface area contributed by atoms with Crippen LogP contribution in [0, 0.1) is 5.82 Å². The van der Waals surface area contributed by atoms with Crippen LogP contribution in [0.4, 0.5) is 4.39 Å². The summed E-state index contributed by atoms with van der Waals surface area (Å²) in [6.45, 7) is 1.80. The molecule has 0 atom stereocenters. The molecule has 64 valence electrons. The zero-order valence-corrected chi connectivity index (χ0v) is 7.04. The zero-order valence-electron chi connectivity index (χ0n) is 7.04. The Bertz CT molecular complexity index is 279. The Labute approximate surface area is 70.7 Å². The van der Waals surface area contributed by atoms with E-state index in [2.05, 4.69) is 9.99 Å². The predicted octanol–water partition coefficient (Wildman–Crippen LogP) is 2.20. The number of rotatable bonds is 2. The molecule has 0 aromatic heterocycles. The van der Waals surface area contributed by atoms with Crippen LogP contribution in [0.3, 0.4) is 0 Å². The molecule has 0 amide bonds. The summed E-state index contributed by atoms with van der Waals surface area (Å²) in [6, 6.07) is 6.11. The Morgan fingerprint density at radius 2 is 1.92 bits per heavy atom. The summed E-state index contributed by atoms with van der Waals surface area (Å²) in [5, 5.41) is 3.72. The molecule has 0 fully saturated rings. The van der Waals surface area contributed by atoms with Crippen molar-refractivity contribution in [3.05, 3.63) is 35.6 Å². The first-order valence-electron chi connectivity index (χ1n) is 3.57. The highest BCUT2D eigenvalue weighted by atomic mass is 19.1. The SMILES string of the molecule is CO/N=C(\C)c1ccc(F)cc1. The molecule has 3 heteroatoms. The molecular weight excluding hydrogens is 157 g/mol. The molecule has 0 spiro atoms. The first-order chi connectivity index (χ1) is 5.74. The average molecular weight is 167 g/mol. The Balaban J connectivity index is 2.89. The first-order valence-corrected chi connectivity index (χ1v) is 3.57. The average Bonchev–Trinajstić information content (AvgIpc) is 2.06. The molecule has 0 heterocycles. The molecular formula is C9H10FNO. The molecule has 0 saturated carbocycles. The molecule has 0 bridgehead atoms. The Kier molecular flexibility index (Phi) is 2.80. The number of benzene rings is 1. The monoisotopic (exact) mass is 167 g/mol. The van der Waals surface area contributed by atoms with Gasteiger partial charge in [-0.05, 0) is 24.6 Å². The molecule has 1 rings (SSSR count). The maximum Gasteiger partial charge on any atom is 0.123 e. The van der Waals surface area contributed by atoms with Gasteiger partial charge in [-0.25, -0.2) is 4.39 Å². The van der Waals surface area contributed by atoms with Crippen molar-refractivity contribution in [1.29, 1.82) is 0 Å². The molecule has 0 N–H and O–H groups in total. The second-order valence-corrected chi connectivity index (χ2v) is 2.37. The van der Waals surface area contributed by atoms with E-state index in [1.54, 1.807) is 19.1 Å². The van der Waals surface area contributed by atoms with Crippen molar-refractivity contribution in [3.8, 4) is 0 Å². The molecule has 2 nitrogen and oxygen atoms in total. The second-order valence-electron chi connectivity index (χ2n) is 2.37. The Hall–Kier alpha value is -1.38. The van der Waals surface area contributed by atoms with Gasteiger partial charge in [-0.3, -0.25) is 0 Å². The van der Waals surface area contributed by atoms with E-state index in [9.17, 15) is 4.39 Å². The molecule has 0 aliphatic carbocycles. The molecule has 0 aliphatic heterocycles. The second kappa shape index (κ2) is 3.85. The number of halogens is 1. The lowest BCUT2D eigenvalue weighted by atomic mass is 10.1. The van der Waals surface area contributed by atoms with Gasteiger partial charge < -0.3 is 4.84 Å². The third-order valence-electron chi connectivity index (χ3n) is 1.49. The molecule has 0 radical (unpaired) electrons. The van der Waals surface area contributed by atoms with Crippen molar-refractivity contribution in [3.63, 3.8) is 0 Å². The van der Waals surface area contributed by atoms with Crippen LogP contribution < -0.4 is 0 Å². The number of hydrogen-bond donors (Lipinski definition) is 0. The summed E-state index contributed by atoms with van der Waals surface area (Å²) in [7, 11) is 1.48. The van der Waals surface area contributed by atoms with E-state index >= 15 is 0 Å². The van der Waals surface area contributed by atoms with Crippen LogP contribution in [0.15, 0.2) is 29.4 Å². The van der Waals surface area contributed by atoms with Gasteiger partial charge in [0.25, 0.3) is 0 Å². The van der Waals surface area contributed by atoms with Crippen molar-refractivity contribution in [2.24, 2.45) is 5.16 Å². The predicted molar refractivity (Wildman–Crippen MR) is 45.6 cm³/mol. The summed E-state index contributed by atoms with van der Waals surface area (Å²) < 4.78 is 12.5. The minimum Gasteiger partial charge on any atom is -0.399 e. The van der Waals surface area contributed by atoms with E-state index in [4.69, 9.17) is 0 Å². The molecule has 0 unspecified atom stereocenters. The van der Waals surface area contributed by atoms with Gasteiger partial charge in [0.1, 0.15) is 12.9 Å². The number of oxime groups is 1. The largest absolute Gasteiger partial charge is 0.399 e. The fraction of sp³-hybridized carbons (Fsp3) is 0.222. The summed E-state index contributed by atoms with van der Waals surface area (Å²) in [5.74, 6) is -0.246. The Morgan fingerprint density at radius 1 is 1.33 bits per heavy atom. The van der Waals surface area contributed by atoms with Gasteiger partial charge in [0.05, 0.1) is 5.71 Å². The van der Waals surface area contributed by atoms with Gasteiger partial charge in [0.2, 0.25) is 0 Å². The van der Waals surface area contributed by atoms with Crippen LogP contribution in [0.25, 0.3) is 0 Å². The third-order valence-corrected chi connectivity index (χ3v) is 1.49. The van der Waals surface area contributed by atoms with Gasteiger partial charge in [-0.2, -0.15) is 0 Å². The van der Waals surface area contributed by atoms with Gasteiger partial charge in [-0.15, -0.1) is 0 Å². The highest BCUT2D eigenvalue weighted by Crippen LogP contribution is 2.04. The zero-order chi connectivity index (χ0) is 8.97. The maximum atomic E-state index is 12.5. The number of nitrogens with zero attached hydrogens (tertiary/aromatic N) is 1. The first kappa shape index (κ1) is 8.71. The van der Waals surface area contributed by atoms with Gasteiger partial charge in [0.15, 0.2) is 0 Å². The molecule has 1 aromatic carbocycles. The fourth-order valence-corrected chi connectivity index (χ4v) is 0.881. The van der Waals surface area contributed by atoms with E-state index in [1.165, 1.54) is 19.2 Å². The van der Waals surface area contributed by atoms with Gasteiger partial charge in [0, 0.05) is 0 Å². The quantitative estimate of drug-likeness (QED) is 0.488. The summed E-state index contributed by atoms with van der Waals surface area (Å²) in [6.07, 6.45) is 0. The standard InChI is InChI=1S/C9H10FNO/c1-7(11-12-2)8-3-5-9(10)6-4-8/h3-6H,1-2H3/b11-7+. The van der Waals surface area contributed by atoms with Crippen LogP contribution in [-0.4, -0.2) is 12.8 Å². The lowest BCUT2D eigenvalue weighted by Crippen LogP contribution is -1.94. The van der Waals surface area contributed by atoms with Crippen LogP contribution in [0.5, 0.6) is 0 Å². The summed E-state index contributed by atoms with van der Waals surface area (Å²) in [5.41, 5.74) is 1.59. The normalized spacial score (nSPS) is 11.4. The van der Waals surface area contributed by atoms with Gasteiger partial charge in [-0.1, -0.05) is 17.3 Å². The fourth-order valence-electron chi connectivity index (χ4n) is 0.881. The lowest BCUT2D eigenvalue weighted by molar-refractivity contribution is 0.213. The van der Waals surface area contributed by atoms with Gasteiger partial charge >= 0.3 is 0 Å². The summed E-state index contributed by atoms with van der Waals surface area (Å²) in [4.78, 5) is 4.58. The molecule has 0 saturated heterocycles.